The van der Waals surface area contributed by atoms with Crippen LogP contribution >= 0.6 is 11.6 Å². The van der Waals surface area contributed by atoms with Gasteiger partial charge >= 0.3 is 5.97 Å². The van der Waals surface area contributed by atoms with Gasteiger partial charge < -0.3 is 29.3 Å². The van der Waals surface area contributed by atoms with E-state index in [0.29, 0.717) is 48.2 Å². The monoisotopic (exact) mass is 738 g/mol. The van der Waals surface area contributed by atoms with Gasteiger partial charge in [0.2, 0.25) is 0 Å². The molecule has 278 valence electrons. The summed E-state index contributed by atoms with van der Waals surface area (Å²) in [4.78, 5) is 20.5. The van der Waals surface area contributed by atoms with Crippen LogP contribution in [0, 0.1) is 25.2 Å². The molecule has 3 heterocycles. The smallest absolute Gasteiger partial charge is 0.320 e. The molecule has 0 spiro atoms. The van der Waals surface area contributed by atoms with Gasteiger partial charge in [-0.2, -0.15) is 5.26 Å². The average molecular weight is 739 g/mol. The molecule has 3 aromatic carbocycles. The summed E-state index contributed by atoms with van der Waals surface area (Å²) in [6, 6.07) is 19.2. The number of carboxylic acids is 1. The van der Waals surface area contributed by atoms with Crippen LogP contribution in [0.15, 0.2) is 67.0 Å². The third-order valence-corrected chi connectivity index (χ3v) is 10.5. The maximum absolute atomic E-state index is 12.1. The number of hydrogen-bond acceptors (Lipinski definition) is 9. The van der Waals surface area contributed by atoms with E-state index in [4.69, 9.17) is 25.8 Å². The number of aliphatic hydroxyl groups excluding tert-OH is 1. The van der Waals surface area contributed by atoms with Gasteiger partial charge in [0, 0.05) is 55.8 Å². The Kier molecular flexibility index (Phi) is 12.9. The number of β-amino-alcohol motifs (C(OH)–C–C–N with tert-alkyl or cyclic N) is 1. The number of rotatable bonds is 15. The van der Waals surface area contributed by atoms with E-state index in [0.717, 1.165) is 90.0 Å². The molecular formula is C42H47ClN4O6. The van der Waals surface area contributed by atoms with Crippen molar-refractivity contribution >= 4 is 17.6 Å². The summed E-state index contributed by atoms with van der Waals surface area (Å²) in [5.41, 5.74) is 7.26. The van der Waals surface area contributed by atoms with Gasteiger partial charge in [-0.25, -0.2) is 0 Å². The minimum atomic E-state index is -0.834. The number of halogens is 1. The summed E-state index contributed by atoms with van der Waals surface area (Å²) in [5.74, 6) is 0.999. The summed E-state index contributed by atoms with van der Waals surface area (Å²) >= 11 is 6.85. The first-order valence-corrected chi connectivity index (χ1v) is 18.7. The second kappa shape index (κ2) is 17.9. The lowest BCUT2D eigenvalue weighted by Gasteiger charge is -2.33. The number of pyridine rings is 1. The SMILES string of the molecule is Cc1c(COc2cc(OCc3cncc(C#N)c3)c(CN3CCCC[C@H]3C(=O)O)cc2Cl)cccc1-c1cccc(OCCCN2CC[C@@H](O)C2)c1C. The quantitative estimate of drug-likeness (QED) is 0.120. The standard InChI is InChI=1S/C42H47ClN4O6/c1-28-32(8-5-9-35(28)36-10-6-12-39(29(36)2)51-17-7-14-46-16-13-34(48)25-46)27-53-41-20-40(52-26-31-18-30(21-44)22-45-23-31)33(19-37(41)43)24-47-15-4-3-11-38(47)42(49)50/h5-6,8-10,12,18-20,22-23,34,38,48H,3-4,7,11,13-17,24-27H2,1-2H3,(H,49,50)/t34-,38+/m1/s1. The Hall–Kier alpha value is -4.66. The van der Waals surface area contributed by atoms with Crippen molar-refractivity contribution in [2.45, 2.75) is 77.9 Å². The molecule has 2 N–H and O–H groups in total. The molecular weight excluding hydrogens is 692 g/mol. The molecule has 0 saturated carbocycles. The molecule has 1 aromatic heterocycles. The third kappa shape index (κ3) is 9.67. The zero-order valence-electron chi connectivity index (χ0n) is 30.4. The van der Waals surface area contributed by atoms with Gasteiger partial charge in [0.15, 0.2) is 0 Å². The highest BCUT2D eigenvalue weighted by atomic mass is 35.5. The van der Waals surface area contributed by atoms with Gasteiger partial charge in [0.1, 0.15) is 42.6 Å². The van der Waals surface area contributed by atoms with E-state index in [1.165, 1.54) is 6.20 Å². The molecule has 6 rings (SSSR count). The molecule has 2 fully saturated rings. The van der Waals surface area contributed by atoms with Crippen LogP contribution in [0.2, 0.25) is 5.02 Å². The molecule has 0 unspecified atom stereocenters. The van der Waals surface area contributed by atoms with Crippen molar-refractivity contribution in [3.63, 3.8) is 0 Å². The van der Waals surface area contributed by atoms with E-state index < -0.39 is 12.0 Å². The Morgan fingerprint density at radius 2 is 1.72 bits per heavy atom. The van der Waals surface area contributed by atoms with Gasteiger partial charge in [-0.15, -0.1) is 0 Å². The summed E-state index contributed by atoms with van der Waals surface area (Å²) in [6.07, 6.45) is 7.06. The summed E-state index contributed by atoms with van der Waals surface area (Å²) in [5, 5.41) is 29.4. The number of likely N-dealkylation sites (tertiary alicyclic amines) is 2. The second-order valence-electron chi connectivity index (χ2n) is 13.9. The lowest BCUT2D eigenvalue weighted by Crippen LogP contribution is -2.44. The molecule has 53 heavy (non-hydrogen) atoms. The third-order valence-electron chi connectivity index (χ3n) is 10.2. The van der Waals surface area contributed by atoms with Crippen LogP contribution in [0.25, 0.3) is 11.1 Å². The first-order chi connectivity index (χ1) is 25.7. The van der Waals surface area contributed by atoms with Crippen LogP contribution in [-0.4, -0.2) is 75.9 Å². The Balaban J connectivity index is 1.18. The summed E-state index contributed by atoms with van der Waals surface area (Å²) in [7, 11) is 0. The van der Waals surface area contributed by atoms with E-state index in [9.17, 15) is 20.3 Å². The number of benzene rings is 3. The van der Waals surface area contributed by atoms with Crippen molar-refractivity contribution in [1.82, 2.24) is 14.8 Å². The maximum Gasteiger partial charge on any atom is 0.320 e. The number of aliphatic hydroxyl groups is 1. The molecule has 2 aliphatic heterocycles. The Morgan fingerprint density at radius 1 is 0.925 bits per heavy atom. The number of carboxylic acid groups (broad SMARTS) is 1. The molecule has 2 atom stereocenters. The highest BCUT2D eigenvalue weighted by Crippen LogP contribution is 2.37. The number of aromatic nitrogens is 1. The van der Waals surface area contributed by atoms with E-state index in [1.54, 1.807) is 24.4 Å². The number of ether oxygens (including phenoxy) is 3. The zero-order valence-corrected chi connectivity index (χ0v) is 31.1. The topological polar surface area (TPSA) is 128 Å². The van der Waals surface area contributed by atoms with Crippen LogP contribution in [0.4, 0.5) is 0 Å². The van der Waals surface area contributed by atoms with Gasteiger partial charge in [-0.1, -0.05) is 48.4 Å². The predicted molar refractivity (Wildman–Crippen MR) is 203 cm³/mol. The molecule has 0 amide bonds. The van der Waals surface area contributed by atoms with Gasteiger partial charge in [0.05, 0.1) is 23.3 Å². The molecule has 10 nitrogen and oxygen atoms in total. The van der Waals surface area contributed by atoms with E-state index in [1.807, 2.05) is 29.2 Å². The minimum absolute atomic E-state index is 0.158. The lowest BCUT2D eigenvalue weighted by atomic mass is 9.93. The fourth-order valence-electron chi connectivity index (χ4n) is 7.25. The summed E-state index contributed by atoms with van der Waals surface area (Å²) < 4.78 is 18.9. The lowest BCUT2D eigenvalue weighted by molar-refractivity contribution is -0.144. The molecule has 0 radical (unpaired) electrons. The van der Waals surface area contributed by atoms with Crippen molar-refractivity contribution in [2.24, 2.45) is 0 Å². The number of carbonyl (C=O) groups is 1. The van der Waals surface area contributed by atoms with Crippen molar-refractivity contribution in [3.8, 4) is 34.4 Å². The molecule has 4 aromatic rings. The average Bonchev–Trinajstić information content (AvgIpc) is 3.58. The number of nitriles is 1. The minimum Gasteiger partial charge on any atom is -0.493 e. The Morgan fingerprint density at radius 3 is 2.49 bits per heavy atom. The molecule has 2 saturated heterocycles. The van der Waals surface area contributed by atoms with Crippen LogP contribution in [0.3, 0.4) is 0 Å². The van der Waals surface area contributed by atoms with E-state index in [-0.39, 0.29) is 19.3 Å². The van der Waals surface area contributed by atoms with Crippen LogP contribution in [0.1, 0.15) is 65.5 Å². The highest BCUT2D eigenvalue weighted by Gasteiger charge is 2.29. The number of hydrogen-bond donors (Lipinski definition) is 2. The van der Waals surface area contributed by atoms with E-state index >= 15 is 0 Å². The first kappa shape index (κ1) is 38.1. The van der Waals surface area contributed by atoms with Crippen molar-refractivity contribution < 1.29 is 29.2 Å². The number of piperidine rings is 1. The fraction of sp³-hybridized carbons (Fsp3) is 0.405. The first-order valence-electron chi connectivity index (χ1n) is 18.3. The maximum atomic E-state index is 12.1. The molecule has 0 aliphatic carbocycles. The van der Waals surface area contributed by atoms with E-state index in [2.05, 4.69) is 41.9 Å². The van der Waals surface area contributed by atoms with Gasteiger partial charge in [0.25, 0.3) is 0 Å². The number of nitrogens with zero attached hydrogens (tertiary/aromatic N) is 4. The van der Waals surface area contributed by atoms with Gasteiger partial charge in [-0.3, -0.25) is 14.7 Å². The van der Waals surface area contributed by atoms with Crippen molar-refractivity contribution in [2.75, 3.05) is 32.8 Å². The second-order valence-corrected chi connectivity index (χ2v) is 14.4. The molecule has 11 heteroatoms. The van der Waals surface area contributed by atoms with Crippen LogP contribution < -0.4 is 14.2 Å². The summed E-state index contributed by atoms with van der Waals surface area (Å²) in [6.45, 7) is 8.81. The molecule has 0 bridgehead atoms. The highest BCUT2D eigenvalue weighted by molar-refractivity contribution is 6.32. The van der Waals surface area contributed by atoms with Crippen LogP contribution in [-0.2, 0) is 24.6 Å². The number of aliphatic carboxylic acids is 1. The molecule has 2 aliphatic rings. The van der Waals surface area contributed by atoms with Gasteiger partial charge in [-0.05, 0) is 92.1 Å². The fourth-order valence-corrected chi connectivity index (χ4v) is 7.49. The largest absolute Gasteiger partial charge is 0.493 e. The predicted octanol–water partition coefficient (Wildman–Crippen LogP) is 7.32. The van der Waals surface area contributed by atoms with Crippen molar-refractivity contribution in [1.29, 1.82) is 5.26 Å². The Bertz CT molecular complexity index is 1950. The Labute approximate surface area is 316 Å². The van der Waals surface area contributed by atoms with Crippen LogP contribution in [0.5, 0.6) is 17.2 Å². The van der Waals surface area contributed by atoms with Crippen molar-refractivity contribution in [3.05, 3.63) is 105 Å². The normalized spacial score (nSPS) is 17.7. The zero-order chi connectivity index (χ0) is 37.3.